The van der Waals surface area contributed by atoms with Crippen molar-refractivity contribution in [1.29, 1.82) is 0 Å². The number of aromatic nitrogens is 1. The number of anilines is 1. The van der Waals surface area contributed by atoms with E-state index in [0.717, 1.165) is 24.4 Å². The summed E-state index contributed by atoms with van der Waals surface area (Å²) < 4.78 is 6.01. The number of piperidine rings is 1. The summed E-state index contributed by atoms with van der Waals surface area (Å²) in [5.41, 5.74) is 3.07. The van der Waals surface area contributed by atoms with E-state index in [2.05, 4.69) is 43.9 Å². The Hall–Kier alpha value is -1.69. The summed E-state index contributed by atoms with van der Waals surface area (Å²) in [5, 5.41) is 22.4. The van der Waals surface area contributed by atoms with E-state index in [9.17, 15) is 10.2 Å². The van der Waals surface area contributed by atoms with Crippen molar-refractivity contribution in [1.82, 2.24) is 4.98 Å². The molecule has 2 atom stereocenters. The summed E-state index contributed by atoms with van der Waals surface area (Å²) in [7, 11) is 0. The maximum atomic E-state index is 10.7. The van der Waals surface area contributed by atoms with Crippen LogP contribution in [-0.4, -0.2) is 52.2 Å². The fraction of sp³-hybridized carbons (Fsp3) is 0.591. The molecule has 27 heavy (non-hydrogen) atoms. The molecular weight excluding hydrogens is 340 g/mol. The summed E-state index contributed by atoms with van der Waals surface area (Å²) in [6, 6.07) is 6.47. The number of fused-ring (bicyclic) bond motifs is 1. The second-order valence-electron chi connectivity index (χ2n) is 8.61. The molecule has 3 heterocycles. The molecule has 2 aliphatic heterocycles. The Morgan fingerprint density at radius 1 is 1.11 bits per heavy atom. The van der Waals surface area contributed by atoms with E-state index in [1.807, 2.05) is 0 Å². The highest BCUT2D eigenvalue weighted by molar-refractivity contribution is 5.87. The lowest BCUT2D eigenvalue weighted by Crippen LogP contribution is -2.64. The van der Waals surface area contributed by atoms with Gasteiger partial charge in [-0.3, -0.25) is 0 Å². The largest absolute Gasteiger partial charge is 0.387 e. The molecule has 4 rings (SSSR count). The van der Waals surface area contributed by atoms with E-state index in [1.165, 1.54) is 22.1 Å². The first-order chi connectivity index (χ1) is 12.7. The Balaban J connectivity index is 1.61. The fourth-order valence-electron chi connectivity index (χ4n) is 4.62. The van der Waals surface area contributed by atoms with Gasteiger partial charge in [0.25, 0.3) is 0 Å². The van der Waals surface area contributed by atoms with E-state index in [1.54, 1.807) is 6.92 Å². The number of aliphatic hydroxyl groups is 2. The van der Waals surface area contributed by atoms with Crippen LogP contribution in [0.25, 0.3) is 10.9 Å². The molecule has 0 bridgehead atoms. The molecule has 2 fully saturated rings. The second kappa shape index (κ2) is 6.43. The smallest absolute Gasteiger partial charge is 0.129 e. The van der Waals surface area contributed by atoms with Crippen molar-refractivity contribution in [3.8, 4) is 0 Å². The molecule has 146 valence electrons. The minimum Gasteiger partial charge on any atom is -0.387 e. The van der Waals surface area contributed by atoms with Gasteiger partial charge >= 0.3 is 0 Å². The van der Waals surface area contributed by atoms with Gasteiger partial charge in [0, 0.05) is 24.9 Å². The Labute approximate surface area is 161 Å². The van der Waals surface area contributed by atoms with Crippen LogP contribution in [-0.2, 0) is 4.74 Å². The molecular formula is C22H30N2O3. The van der Waals surface area contributed by atoms with Gasteiger partial charge < -0.3 is 19.8 Å². The molecule has 5 nitrogen and oxygen atoms in total. The molecule has 0 amide bonds. The van der Waals surface area contributed by atoms with Gasteiger partial charge in [0.05, 0.1) is 17.7 Å². The van der Waals surface area contributed by atoms with E-state index in [0.29, 0.717) is 25.9 Å². The number of aryl methyl sites for hydroxylation is 3. The van der Waals surface area contributed by atoms with Gasteiger partial charge in [0.15, 0.2) is 0 Å². The number of benzene rings is 1. The number of hydrogen-bond acceptors (Lipinski definition) is 5. The molecule has 2 aliphatic rings. The predicted octanol–water partition coefficient (Wildman–Crippen LogP) is 3.03. The molecule has 1 spiro atoms. The van der Waals surface area contributed by atoms with Gasteiger partial charge in [0.1, 0.15) is 17.5 Å². The van der Waals surface area contributed by atoms with Crippen molar-refractivity contribution in [3.63, 3.8) is 0 Å². The third-order valence-corrected chi connectivity index (χ3v) is 6.72. The molecule has 1 aromatic heterocycles. The highest BCUT2D eigenvalue weighted by Gasteiger charge is 2.52. The van der Waals surface area contributed by atoms with Crippen LogP contribution in [0.15, 0.2) is 18.2 Å². The van der Waals surface area contributed by atoms with E-state index in [4.69, 9.17) is 9.72 Å². The maximum Gasteiger partial charge on any atom is 0.129 e. The first kappa shape index (κ1) is 18.7. The van der Waals surface area contributed by atoms with E-state index >= 15 is 0 Å². The molecule has 0 radical (unpaired) electrons. The predicted molar refractivity (Wildman–Crippen MR) is 107 cm³/mol. The quantitative estimate of drug-likeness (QED) is 0.808. The molecule has 2 N–H and O–H groups in total. The highest BCUT2D eigenvalue weighted by atomic mass is 16.5. The van der Waals surface area contributed by atoms with Crippen LogP contribution in [0.3, 0.4) is 0 Å². The molecule has 1 aromatic carbocycles. The zero-order valence-electron chi connectivity index (χ0n) is 16.7. The molecule has 2 aromatic rings. The SMILES string of the molecule is Cc1ccc2c(C)cc(N3CCC4(CC3)OCC[C@@](C)(O)C4O)nc2c1C. The number of pyridine rings is 1. The topological polar surface area (TPSA) is 65.8 Å². The summed E-state index contributed by atoms with van der Waals surface area (Å²) in [6.45, 7) is 10.1. The van der Waals surface area contributed by atoms with E-state index < -0.39 is 17.3 Å². The molecule has 2 saturated heterocycles. The Bertz CT molecular complexity index is 869. The van der Waals surface area contributed by atoms with Gasteiger partial charge in [-0.2, -0.15) is 0 Å². The number of ether oxygens (including phenoxy) is 1. The van der Waals surface area contributed by atoms with Crippen LogP contribution in [0.1, 0.15) is 42.9 Å². The van der Waals surface area contributed by atoms with Gasteiger partial charge in [-0.05, 0) is 63.3 Å². The Morgan fingerprint density at radius 3 is 2.52 bits per heavy atom. The zero-order chi connectivity index (χ0) is 19.4. The maximum absolute atomic E-state index is 10.7. The normalized spacial score (nSPS) is 28.1. The van der Waals surface area contributed by atoms with Crippen molar-refractivity contribution < 1.29 is 14.9 Å². The van der Waals surface area contributed by atoms with Gasteiger partial charge in [-0.15, -0.1) is 0 Å². The van der Waals surface area contributed by atoms with Crippen molar-refractivity contribution in [2.24, 2.45) is 0 Å². The minimum atomic E-state index is -1.08. The summed E-state index contributed by atoms with van der Waals surface area (Å²) >= 11 is 0. The monoisotopic (exact) mass is 370 g/mol. The van der Waals surface area contributed by atoms with Crippen LogP contribution in [0.2, 0.25) is 0 Å². The number of nitrogens with zero attached hydrogens (tertiary/aromatic N) is 2. The summed E-state index contributed by atoms with van der Waals surface area (Å²) in [5.74, 6) is 0.987. The first-order valence-corrected chi connectivity index (χ1v) is 9.90. The highest BCUT2D eigenvalue weighted by Crippen LogP contribution is 2.40. The van der Waals surface area contributed by atoms with Gasteiger partial charge in [0.2, 0.25) is 0 Å². The third kappa shape index (κ3) is 3.02. The van der Waals surface area contributed by atoms with Gasteiger partial charge in [-0.25, -0.2) is 4.98 Å². The lowest BCUT2D eigenvalue weighted by atomic mass is 9.75. The second-order valence-corrected chi connectivity index (χ2v) is 8.61. The van der Waals surface area contributed by atoms with E-state index in [-0.39, 0.29) is 0 Å². The standard InChI is InChI=1S/C22H30N2O3/c1-14-5-6-17-15(2)13-18(23-19(17)16(14)3)24-10-7-22(8-11-24)20(25)21(4,26)9-12-27-22/h5-6,13,20,25-26H,7-12H2,1-4H3/t20?,21-/m1/s1. The van der Waals surface area contributed by atoms with Crippen molar-refractivity contribution in [2.45, 2.75) is 64.3 Å². The van der Waals surface area contributed by atoms with Crippen molar-refractivity contribution >= 4 is 16.7 Å². The Kier molecular flexibility index (Phi) is 4.45. The zero-order valence-corrected chi connectivity index (χ0v) is 16.7. The number of rotatable bonds is 1. The molecule has 0 saturated carbocycles. The van der Waals surface area contributed by atoms with Crippen LogP contribution in [0.4, 0.5) is 5.82 Å². The van der Waals surface area contributed by atoms with Crippen LogP contribution < -0.4 is 4.90 Å². The summed E-state index contributed by atoms with van der Waals surface area (Å²) in [6.07, 6.45) is 1.01. The Morgan fingerprint density at radius 2 is 1.81 bits per heavy atom. The van der Waals surface area contributed by atoms with Crippen molar-refractivity contribution in [2.75, 3.05) is 24.6 Å². The molecule has 0 aliphatic carbocycles. The molecule has 5 heteroatoms. The van der Waals surface area contributed by atoms with Crippen LogP contribution in [0.5, 0.6) is 0 Å². The third-order valence-electron chi connectivity index (χ3n) is 6.72. The number of hydrogen-bond donors (Lipinski definition) is 2. The number of aliphatic hydroxyl groups excluding tert-OH is 1. The van der Waals surface area contributed by atoms with Crippen LogP contribution >= 0.6 is 0 Å². The first-order valence-electron chi connectivity index (χ1n) is 9.90. The minimum absolute atomic E-state index is 0.476. The van der Waals surface area contributed by atoms with Crippen molar-refractivity contribution in [3.05, 3.63) is 34.9 Å². The van der Waals surface area contributed by atoms with Crippen LogP contribution in [0, 0.1) is 20.8 Å². The lowest BCUT2D eigenvalue weighted by molar-refractivity contribution is -0.239. The lowest BCUT2D eigenvalue weighted by Gasteiger charge is -2.51. The summed E-state index contributed by atoms with van der Waals surface area (Å²) in [4.78, 5) is 7.25. The fourth-order valence-corrected chi connectivity index (χ4v) is 4.62. The van der Waals surface area contributed by atoms with Gasteiger partial charge in [-0.1, -0.05) is 12.1 Å². The average molecular weight is 370 g/mol. The average Bonchev–Trinajstić information content (AvgIpc) is 2.63. The molecule has 1 unspecified atom stereocenters.